The van der Waals surface area contributed by atoms with E-state index < -0.39 is 0 Å². The SMILES string of the molecule is CCC(N)c1cn(CC(=O)N(C)C)nn1. The average Bonchev–Trinajstić information content (AvgIpc) is 2.65. The third-order valence-corrected chi connectivity index (χ3v) is 2.17. The number of carbonyl (C=O) groups excluding carboxylic acids is 1. The Kier molecular flexibility index (Phi) is 3.79. The van der Waals surface area contributed by atoms with Crippen molar-refractivity contribution in [2.45, 2.75) is 25.9 Å². The molecule has 0 spiro atoms. The predicted molar refractivity (Wildman–Crippen MR) is 55.9 cm³/mol. The van der Waals surface area contributed by atoms with E-state index in [-0.39, 0.29) is 18.5 Å². The maximum absolute atomic E-state index is 11.4. The van der Waals surface area contributed by atoms with E-state index in [1.165, 1.54) is 9.58 Å². The van der Waals surface area contributed by atoms with Crippen LogP contribution in [-0.4, -0.2) is 39.9 Å². The fourth-order valence-electron chi connectivity index (χ4n) is 1.05. The first kappa shape index (κ1) is 11.6. The molecule has 1 atom stereocenters. The summed E-state index contributed by atoms with van der Waals surface area (Å²) in [5, 5.41) is 7.76. The molecule has 1 amide bonds. The molecule has 0 aliphatic heterocycles. The summed E-state index contributed by atoms with van der Waals surface area (Å²) in [6.45, 7) is 2.19. The lowest BCUT2D eigenvalue weighted by Gasteiger charge is -2.09. The third kappa shape index (κ3) is 3.02. The maximum atomic E-state index is 11.4. The van der Waals surface area contributed by atoms with Crippen LogP contribution >= 0.6 is 0 Å². The third-order valence-electron chi connectivity index (χ3n) is 2.17. The second-order valence-corrected chi connectivity index (χ2v) is 3.64. The Morgan fingerprint density at radius 1 is 1.67 bits per heavy atom. The van der Waals surface area contributed by atoms with Crippen LogP contribution in [0.15, 0.2) is 6.20 Å². The minimum atomic E-state index is -0.104. The zero-order valence-corrected chi connectivity index (χ0v) is 9.34. The minimum absolute atomic E-state index is 0.0171. The smallest absolute Gasteiger partial charge is 0.243 e. The monoisotopic (exact) mass is 211 g/mol. The van der Waals surface area contributed by atoms with Crippen molar-refractivity contribution in [2.75, 3.05) is 14.1 Å². The Balaban J connectivity index is 2.64. The number of hydrogen-bond donors (Lipinski definition) is 1. The first-order valence-electron chi connectivity index (χ1n) is 4.90. The summed E-state index contributed by atoms with van der Waals surface area (Å²) < 4.78 is 1.51. The van der Waals surface area contributed by atoms with Crippen LogP contribution in [0.1, 0.15) is 25.1 Å². The Morgan fingerprint density at radius 2 is 2.33 bits per heavy atom. The first-order valence-corrected chi connectivity index (χ1v) is 4.90. The van der Waals surface area contributed by atoms with Crippen molar-refractivity contribution in [2.24, 2.45) is 5.73 Å². The molecule has 1 heterocycles. The summed E-state index contributed by atoms with van der Waals surface area (Å²) in [6.07, 6.45) is 2.52. The van der Waals surface area contributed by atoms with E-state index in [4.69, 9.17) is 5.73 Å². The molecule has 1 aromatic heterocycles. The number of nitrogens with zero attached hydrogens (tertiary/aromatic N) is 4. The number of hydrogen-bond acceptors (Lipinski definition) is 4. The van der Waals surface area contributed by atoms with Crippen LogP contribution in [0.2, 0.25) is 0 Å². The zero-order valence-electron chi connectivity index (χ0n) is 9.34. The molecular weight excluding hydrogens is 194 g/mol. The van der Waals surface area contributed by atoms with Crippen molar-refractivity contribution in [3.05, 3.63) is 11.9 Å². The topological polar surface area (TPSA) is 77.0 Å². The van der Waals surface area contributed by atoms with Crippen LogP contribution in [0.5, 0.6) is 0 Å². The van der Waals surface area contributed by atoms with Crippen molar-refractivity contribution in [3.8, 4) is 0 Å². The molecule has 0 aliphatic carbocycles. The molecule has 1 rings (SSSR count). The second-order valence-electron chi connectivity index (χ2n) is 3.64. The Labute approximate surface area is 89.0 Å². The van der Waals surface area contributed by atoms with Gasteiger partial charge in [0.05, 0.1) is 17.9 Å². The van der Waals surface area contributed by atoms with E-state index >= 15 is 0 Å². The molecule has 0 fully saturated rings. The van der Waals surface area contributed by atoms with Gasteiger partial charge in [0.2, 0.25) is 5.91 Å². The highest BCUT2D eigenvalue weighted by Crippen LogP contribution is 2.08. The molecule has 0 saturated carbocycles. The highest BCUT2D eigenvalue weighted by molar-refractivity contribution is 5.75. The van der Waals surface area contributed by atoms with Gasteiger partial charge in [0.15, 0.2) is 0 Å². The van der Waals surface area contributed by atoms with E-state index in [1.54, 1.807) is 20.3 Å². The van der Waals surface area contributed by atoms with Gasteiger partial charge in [-0.15, -0.1) is 5.10 Å². The Hall–Kier alpha value is -1.43. The molecule has 6 nitrogen and oxygen atoms in total. The second kappa shape index (κ2) is 4.88. The van der Waals surface area contributed by atoms with Crippen molar-refractivity contribution in [1.29, 1.82) is 0 Å². The molecule has 0 radical (unpaired) electrons. The van der Waals surface area contributed by atoms with Crippen LogP contribution in [0, 0.1) is 0 Å². The van der Waals surface area contributed by atoms with Gasteiger partial charge >= 0.3 is 0 Å². The van der Waals surface area contributed by atoms with E-state index in [0.717, 1.165) is 12.1 Å². The van der Waals surface area contributed by atoms with E-state index in [1.807, 2.05) is 6.92 Å². The molecule has 0 aliphatic rings. The maximum Gasteiger partial charge on any atom is 0.243 e. The van der Waals surface area contributed by atoms with Gasteiger partial charge in [-0.1, -0.05) is 12.1 Å². The number of likely N-dealkylation sites (N-methyl/N-ethyl adjacent to an activating group) is 1. The van der Waals surface area contributed by atoms with Crippen molar-refractivity contribution >= 4 is 5.91 Å². The van der Waals surface area contributed by atoms with Crippen molar-refractivity contribution in [3.63, 3.8) is 0 Å². The average molecular weight is 211 g/mol. The zero-order chi connectivity index (χ0) is 11.4. The lowest BCUT2D eigenvalue weighted by atomic mass is 10.2. The molecule has 6 heteroatoms. The van der Waals surface area contributed by atoms with Gasteiger partial charge in [0, 0.05) is 14.1 Å². The standard InChI is InChI=1S/C9H17N5O/c1-4-7(10)8-5-14(12-11-8)6-9(15)13(2)3/h5,7H,4,6,10H2,1-3H3. The molecule has 15 heavy (non-hydrogen) atoms. The minimum Gasteiger partial charge on any atom is -0.347 e. The fourth-order valence-corrected chi connectivity index (χ4v) is 1.05. The summed E-state index contributed by atoms with van der Waals surface area (Å²) in [5.41, 5.74) is 6.51. The van der Waals surface area contributed by atoms with Gasteiger partial charge in [-0.05, 0) is 6.42 Å². The first-order chi connectivity index (χ1) is 7.04. The van der Waals surface area contributed by atoms with E-state index in [9.17, 15) is 4.79 Å². The number of nitrogens with two attached hydrogens (primary N) is 1. The highest BCUT2D eigenvalue weighted by atomic mass is 16.2. The molecule has 0 aromatic carbocycles. The van der Waals surface area contributed by atoms with Gasteiger partial charge in [-0.2, -0.15) is 0 Å². The summed E-state index contributed by atoms with van der Waals surface area (Å²) in [5.74, 6) is -0.0171. The predicted octanol–water partition coefficient (Wildman–Crippen LogP) is -0.224. The van der Waals surface area contributed by atoms with Crippen LogP contribution in [0.4, 0.5) is 0 Å². The molecule has 84 valence electrons. The number of aromatic nitrogens is 3. The normalized spacial score (nSPS) is 12.5. The quantitative estimate of drug-likeness (QED) is 0.746. The molecule has 1 aromatic rings. The molecular formula is C9H17N5O. The molecule has 1 unspecified atom stereocenters. The molecule has 0 saturated heterocycles. The van der Waals surface area contributed by atoms with Crippen LogP contribution < -0.4 is 5.73 Å². The number of amides is 1. The molecule has 0 bridgehead atoms. The van der Waals surface area contributed by atoms with Gasteiger partial charge < -0.3 is 10.6 Å². The van der Waals surface area contributed by atoms with Crippen molar-refractivity contribution in [1.82, 2.24) is 19.9 Å². The fraction of sp³-hybridized carbons (Fsp3) is 0.667. The number of carbonyl (C=O) groups is 1. The van der Waals surface area contributed by atoms with Crippen LogP contribution in [0.3, 0.4) is 0 Å². The number of rotatable bonds is 4. The van der Waals surface area contributed by atoms with Crippen molar-refractivity contribution < 1.29 is 4.79 Å². The summed E-state index contributed by atoms with van der Waals surface area (Å²) in [7, 11) is 3.41. The summed E-state index contributed by atoms with van der Waals surface area (Å²) in [4.78, 5) is 12.9. The van der Waals surface area contributed by atoms with Gasteiger partial charge in [0.1, 0.15) is 6.54 Å². The van der Waals surface area contributed by atoms with Crippen LogP contribution in [-0.2, 0) is 11.3 Å². The summed E-state index contributed by atoms with van der Waals surface area (Å²) in [6, 6.07) is -0.104. The highest BCUT2D eigenvalue weighted by Gasteiger charge is 2.10. The largest absolute Gasteiger partial charge is 0.347 e. The van der Waals surface area contributed by atoms with E-state index in [2.05, 4.69) is 10.3 Å². The lowest BCUT2D eigenvalue weighted by Crippen LogP contribution is -2.26. The van der Waals surface area contributed by atoms with Gasteiger partial charge in [-0.3, -0.25) is 4.79 Å². The Bertz CT molecular complexity index is 333. The lowest BCUT2D eigenvalue weighted by molar-refractivity contribution is -0.129. The Morgan fingerprint density at radius 3 is 2.87 bits per heavy atom. The molecule has 2 N–H and O–H groups in total. The van der Waals surface area contributed by atoms with Gasteiger partial charge in [-0.25, -0.2) is 4.68 Å². The summed E-state index contributed by atoms with van der Waals surface area (Å²) >= 11 is 0. The van der Waals surface area contributed by atoms with E-state index in [0.29, 0.717) is 0 Å². The van der Waals surface area contributed by atoms with Crippen LogP contribution in [0.25, 0.3) is 0 Å². The van der Waals surface area contributed by atoms with Gasteiger partial charge in [0.25, 0.3) is 0 Å².